The van der Waals surface area contributed by atoms with Crippen LogP contribution in [0.1, 0.15) is 66.7 Å². The van der Waals surface area contributed by atoms with E-state index in [0.717, 1.165) is 18.4 Å². The number of hydrogen-bond acceptors (Lipinski definition) is 9. The molecule has 3 amide bonds. The molecule has 0 aliphatic carbocycles. The number of carbonyl (C=O) groups excluding carboxylic acids is 4. The first-order valence-electron chi connectivity index (χ1n) is 15.0. The molecule has 13 heteroatoms. The number of alkyl halides is 1. The van der Waals surface area contributed by atoms with Crippen LogP contribution in [0.25, 0.3) is 0 Å². The average molecular weight is 682 g/mol. The van der Waals surface area contributed by atoms with E-state index in [4.69, 9.17) is 24.4 Å². The van der Waals surface area contributed by atoms with Crippen LogP contribution in [0.5, 0.6) is 0 Å². The Bertz CT molecular complexity index is 1170. The summed E-state index contributed by atoms with van der Waals surface area (Å²) in [6, 6.07) is -0.124. The minimum atomic E-state index is -0.478. The first kappa shape index (κ1) is 35.6. The Hall–Kier alpha value is -2.87. The molecule has 44 heavy (non-hydrogen) atoms. The number of allylic oxidation sites excluding steroid dienone is 2. The Morgan fingerprint density at radius 1 is 1.09 bits per heavy atom. The van der Waals surface area contributed by atoms with Crippen LogP contribution in [0.15, 0.2) is 36.0 Å². The first-order valence-corrected chi connectivity index (χ1v) is 16.1. The van der Waals surface area contributed by atoms with Crippen molar-refractivity contribution in [2.75, 3.05) is 11.9 Å². The largest absolute Gasteiger partial charge is 0.459 e. The molecule has 12 nitrogen and oxygen atoms in total. The van der Waals surface area contributed by atoms with E-state index in [1.54, 1.807) is 13.0 Å². The van der Waals surface area contributed by atoms with Crippen molar-refractivity contribution in [1.82, 2.24) is 16.0 Å². The van der Waals surface area contributed by atoms with E-state index >= 15 is 0 Å². The molecular weight excluding hydrogens is 636 g/mol. The molecule has 3 aliphatic heterocycles. The Labute approximate surface area is 267 Å². The van der Waals surface area contributed by atoms with E-state index in [1.165, 1.54) is 13.0 Å². The van der Waals surface area contributed by atoms with Crippen molar-refractivity contribution in [3.63, 3.8) is 0 Å². The van der Waals surface area contributed by atoms with Gasteiger partial charge in [0, 0.05) is 25.8 Å². The van der Waals surface area contributed by atoms with Gasteiger partial charge in [-0.3, -0.25) is 35.2 Å². The zero-order valence-electron chi connectivity index (χ0n) is 26.0. The van der Waals surface area contributed by atoms with Gasteiger partial charge in [0.25, 0.3) is 0 Å². The Balaban J connectivity index is 1.46. The smallest absolute Gasteiger partial charge is 0.303 e. The van der Waals surface area contributed by atoms with Crippen molar-refractivity contribution < 1.29 is 38.1 Å². The minimum Gasteiger partial charge on any atom is -0.459 e. The normalized spacial score (nSPS) is 31.0. The predicted molar refractivity (Wildman–Crippen MR) is 167 cm³/mol. The molecule has 8 atom stereocenters. The van der Waals surface area contributed by atoms with Crippen molar-refractivity contribution in [2.24, 2.45) is 5.92 Å². The van der Waals surface area contributed by atoms with E-state index in [9.17, 15) is 19.2 Å². The van der Waals surface area contributed by atoms with Crippen molar-refractivity contribution in [1.29, 1.82) is 5.41 Å². The van der Waals surface area contributed by atoms with Crippen LogP contribution in [0.4, 0.5) is 0 Å². The van der Waals surface area contributed by atoms with Gasteiger partial charge in [-0.15, -0.1) is 0 Å². The second-order valence-electron chi connectivity index (χ2n) is 11.9. The molecular formula is C31H45BrN4O8. The maximum atomic E-state index is 12.4. The van der Waals surface area contributed by atoms with Gasteiger partial charge in [0.1, 0.15) is 6.10 Å². The van der Waals surface area contributed by atoms with Crippen LogP contribution in [0.2, 0.25) is 0 Å². The van der Waals surface area contributed by atoms with Crippen molar-refractivity contribution in [2.45, 2.75) is 109 Å². The highest BCUT2D eigenvalue weighted by atomic mass is 79.9. The van der Waals surface area contributed by atoms with E-state index in [0.29, 0.717) is 19.4 Å². The number of hydrogen-bond donors (Lipinski definition) is 4. The fourth-order valence-electron chi connectivity index (χ4n) is 5.48. The SMILES string of the molecule is CC(=O)O[C@@H](C)/C=C\C(=O)N[C@@H]1C[C@H](C)[C@H](C/C=C(C)/C=C/[C@@H]2C[C@]3(CO3)C[C@@H](CC(=O)NC(=N)NC(=O)CBr)O2)O[C@@H]1C. The average Bonchev–Trinajstić information content (AvgIpc) is 3.68. The summed E-state index contributed by atoms with van der Waals surface area (Å²) in [5.74, 6) is -1.62. The van der Waals surface area contributed by atoms with Crippen molar-refractivity contribution >= 4 is 45.6 Å². The Morgan fingerprint density at radius 2 is 1.80 bits per heavy atom. The fraction of sp³-hybridized carbons (Fsp3) is 0.645. The number of rotatable bonds is 11. The summed E-state index contributed by atoms with van der Waals surface area (Å²) >= 11 is 3.00. The molecule has 1 spiro atoms. The predicted octanol–water partition coefficient (Wildman–Crippen LogP) is 2.95. The van der Waals surface area contributed by atoms with Crippen molar-refractivity contribution in [3.8, 4) is 0 Å². The highest BCUT2D eigenvalue weighted by Crippen LogP contribution is 2.43. The van der Waals surface area contributed by atoms with Crippen LogP contribution in [0, 0.1) is 11.3 Å². The van der Waals surface area contributed by atoms with Gasteiger partial charge < -0.3 is 24.3 Å². The lowest BCUT2D eigenvalue weighted by Crippen LogP contribution is -2.50. The van der Waals surface area contributed by atoms with Gasteiger partial charge >= 0.3 is 5.97 Å². The monoisotopic (exact) mass is 680 g/mol. The molecule has 3 heterocycles. The Kier molecular flexibility index (Phi) is 13.3. The van der Waals surface area contributed by atoms with Gasteiger partial charge in [-0.05, 0) is 45.6 Å². The number of halogens is 1. The van der Waals surface area contributed by atoms with Crippen LogP contribution >= 0.6 is 15.9 Å². The molecule has 0 aromatic carbocycles. The summed E-state index contributed by atoms with van der Waals surface area (Å²) in [5, 5.41) is 15.4. The lowest BCUT2D eigenvalue weighted by molar-refractivity contribution is -0.143. The molecule has 3 aliphatic rings. The molecule has 4 N–H and O–H groups in total. The highest BCUT2D eigenvalue weighted by molar-refractivity contribution is 9.09. The summed E-state index contributed by atoms with van der Waals surface area (Å²) in [6.07, 6.45) is 10.7. The van der Waals surface area contributed by atoms with Gasteiger partial charge in [-0.25, -0.2) is 0 Å². The van der Waals surface area contributed by atoms with Gasteiger partial charge in [0.05, 0.1) is 54.4 Å². The van der Waals surface area contributed by atoms with E-state index < -0.39 is 23.9 Å². The quantitative estimate of drug-likeness (QED) is 0.0491. The molecule has 0 aromatic heterocycles. The number of carbonyl (C=O) groups is 4. The second kappa shape index (κ2) is 16.4. The zero-order valence-corrected chi connectivity index (χ0v) is 27.6. The van der Waals surface area contributed by atoms with E-state index in [-0.39, 0.29) is 65.6 Å². The fourth-order valence-corrected chi connectivity index (χ4v) is 5.62. The number of epoxide rings is 1. The van der Waals surface area contributed by atoms with Crippen molar-refractivity contribution in [3.05, 3.63) is 36.0 Å². The third-order valence-corrected chi connectivity index (χ3v) is 8.33. The summed E-state index contributed by atoms with van der Waals surface area (Å²) in [7, 11) is 0. The molecule has 0 aromatic rings. The minimum absolute atomic E-state index is 0.0102. The summed E-state index contributed by atoms with van der Waals surface area (Å²) in [4.78, 5) is 47.2. The third-order valence-electron chi connectivity index (χ3n) is 7.82. The summed E-state index contributed by atoms with van der Waals surface area (Å²) < 4.78 is 23.2. The molecule has 244 valence electrons. The molecule has 3 rings (SSSR count). The number of guanidine groups is 1. The lowest BCUT2D eigenvalue weighted by Gasteiger charge is -2.39. The summed E-state index contributed by atoms with van der Waals surface area (Å²) in [6.45, 7) is 9.74. The highest BCUT2D eigenvalue weighted by Gasteiger charge is 2.51. The second-order valence-corrected chi connectivity index (χ2v) is 12.5. The molecule has 3 saturated heterocycles. The number of nitrogens with one attached hydrogen (secondary N) is 4. The molecule has 3 fully saturated rings. The molecule has 0 unspecified atom stereocenters. The Morgan fingerprint density at radius 3 is 2.45 bits per heavy atom. The van der Waals surface area contributed by atoms with Gasteiger partial charge in [0.2, 0.25) is 23.7 Å². The maximum Gasteiger partial charge on any atom is 0.303 e. The molecule has 0 radical (unpaired) electrons. The lowest BCUT2D eigenvalue weighted by atomic mass is 9.88. The van der Waals surface area contributed by atoms with E-state index in [1.807, 2.05) is 26.0 Å². The van der Waals surface area contributed by atoms with E-state index in [2.05, 4.69) is 44.9 Å². The van der Waals surface area contributed by atoms with Gasteiger partial charge in [-0.2, -0.15) is 0 Å². The first-order chi connectivity index (χ1) is 20.8. The maximum absolute atomic E-state index is 12.4. The molecule has 0 saturated carbocycles. The standard InChI is InChI=1S/C31H45BrN4O8/c1-18(7-10-26-19(2)12-25(21(4)43-26)34-27(38)11-8-20(3)42-22(5)37)6-9-23-14-31(17-41-31)15-24(44-23)13-28(39)35-30(33)36-29(40)16-32/h6-9,11,19-21,23-26H,10,12-17H2,1-5H3,(H,34,38)(H3,33,35,36,39,40)/b9-6+,11-8-,18-7+/t19-,20-,21+,23+,24+,25+,26-,31+/m0/s1. The van der Waals surface area contributed by atoms with Crippen LogP contribution in [0.3, 0.4) is 0 Å². The zero-order chi connectivity index (χ0) is 32.4. The van der Waals surface area contributed by atoms with Crippen LogP contribution in [-0.2, 0) is 38.1 Å². The van der Waals surface area contributed by atoms with Gasteiger partial charge in [-0.1, -0.05) is 46.7 Å². The number of ether oxygens (including phenoxy) is 4. The number of amides is 3. The molecule has 0 bridgehead atoms. The van der Waals surface area contributed by atoms with Gasteiger partial charge in [0.15, 0.2) is 0 Å². The third kappa shape index (κ3) is 11.9. The topological polar surface area (TPSA) is 168 Å². The van der Waals surface area contributed by atoms with Crippen LogP contribution < -0.4 is 16.0 Å². The number of esters is 1. The summed E-state index contributed by atoms with van der Waals surface area (Å²) in [5.41, 5.74) is 0.776. The van der Waals surface area contributed by atoms with Crippen LogP contribution in [-0.4, -0.2) is 83.8 Å².